The smallest absolute Gasteiger partial charge is 0.251 e. The zero-order chi connectivity index (χ0) is 32.8. The Morgan fingerprint density at radius 3 is 1.80 bits per heavy atom. The van der Waals surface area contributed by atoms with Crippen molar-refractivity contribution in [2.45, 2.75) is 103 Å². The lowest BCUT2D eigenvalue weighted by atomic mass is 9.78. The van der Waals surface area contributed by atoms with Crippen molar-refractivity contribution < 1.29 is 18.3 Å². The summed E-state index contributed by atoms with van der Waals surface area (Å²) in [5.41, 5.74) is 4.47. The van der Waals surface area contributed by atoms with E-state index >= 15 is 0 Å². The van der Waals surface area contributed by atoms with Crippen LogP contribution in [0, 0.1) is 17.6 Å². The second-order valence-electron chi connectivity index (χ2n) is 14.7. The molecule has 1 heterocycles. The second-order valence-corrected chi connectivity index (χ2v) is 14.7. The fraction of sp³-hybridized carbons (Fsp3) is 0.513. The minimum Gasteiger partial charge on any atom is -0.496 e. The monoisotopic (exact) mass is 618 g/mol. The van der Waals surface area contributed by atoms with E-state index in [1.807, 2.05) is 36.4 Å². The van der Waals surface area contributed by atoms with Crippen LogP contribution in [0.1, 0.15) is 119 Å². The maximum absolute atomic E-state index is 13.9. The van der Waals surface area contributed by atoms with E-state index in [0.29, 0.717) is 11.5 Å². The second kappa shape index (κ2) is 14.9. The molecular weight excluding hydrogens is 566 g/mol. The molecule has 2 N–H and O–H groups in total. The van der Waals surface area contributed by atoms with Gasteiger partial charge in [-0.3, -0.25) is 4.79 Å². The Hall–Kier alpha value is -3.25. The van der Waals surface area contributed by atoms with Gasteiger partial charge in [0.2, 0.25) is 0 Å². The summed E-state index contributed by atoms with van der Waals surface area (Å²) in [5.74, 6) is 0.781. The van der Waals surface area contributed by atoms with Gasteiger partial charge in [-0.1, -0.05) is 85.1 Å². The summed E-state index contributed by atoms with van der Waals surface area (Å²) < 4.78 is 33.2. The van der Waals surface area contributed by atoms with Gasteiger partial charge in [-0.05, 0) is 96.6 Å². The highest BCUT2D eigenvalue weighted by atomic mass is 19.1. The Morgan fingerprint density at radius 2 is 1.36 bits per heavy atom. The molecule has 0 bridgehead atoms. The van der Waals surface area contributed by atoms with Crippen molar-refractivity contribution in [1.29, 1.82) is 0 Å². The molecule has 1 aliphatic heterocycles. The van der Waals surface area contributed by atoms with E-state index in [1.54, 1.807) is 7.11 Å². The van der Waals surface area contributed by atoms with Crippen molar-refractivity contribution in [3.05, 3.63) is 100 Å². The lowest BCUT2D eigenvalue weighted by Gasteiger charge is -2.30. The third kappa shape index (κ3) is 9.16. The van der Waals surface area contributed by atoms with Gasteiger partial charge < -0.3 is 15.4 Å². The van der Waals surface area contributed by atoms with E-state index in [4.69, 9.17) is 4.74 Å². The molecule has 1 fully saturated rings. The molecule has 244 valence electrons. The number of benzene rings is 3. The molecule has 0 aliphatic carbocycles. The molecule has 45 heavy (non-hydrogen) atoms. The van der Waals surface area contributed by atoms with E-state index in [9.17, 15) is 13.6 Å². The number of ether oxygens (including phenoxy) is 1. The van der Waals surface area contributed by atoms with Gasteiger partial charge in [0.05, 0.1) is 7.11 Å². The number of amides is 1. The first-order valence-corrected chi connectivity index (χ1v) is 16.5. The number of carbonyl (C=O) groups excluding carboxylic acids is 1. The van der Waals surface area contributed by atoms with Gasteiger partial charge in [0.1, 0.15) is 17.4 Å². The third-order valence-electron chi connectivity index (χ3n) is 9.21. The molecule has 3 aromatic rings. The molecule has 1 aliphatic rings. The van der Waals surface area contributed by atoms with Crippen LogP contribution in [0.4, 0.5) is 8.78 Å². The Bertz CT molecular complexity index is 1320. The van der Waals surface area contributed by atoms with Crippen molar-refractivity contribution >= 4 is 5.91 Å². The molecule has 0 saturated carbocycles. The average molecular weight is 619 g/mol. The summed E-state index contributed by atoms with van der Waals surface area (Å²) in [6.45, 7) is 14.8. The average Bonchev–Trinajstić information content (AvgIpc) is 3.53. The minimum atomic E-state index is -0.259. The van der Waals surface area contributed by atoms with Crippen LogP contribution in [0.2, 0.25) is 0 Å². The standard InChI is InChI=1S/C39H52F2N2O2/c1-38(2,3)33-23-29(24-34(36(33)45-7)39(4,5)6)37(44)43-35(28-21-22-42-25-28)12-10-8-9-11-32(26-13-17-30(40)18-14-26)27-15-19-31(41)20-16-27/h13-20,23-24,28,32,35,42H,8-12,21-22,25H2,1-7H3,(H,43,44). The highest BCUT2D eigenvalue weighted by Crippen LogP contribution is 2.40. The van der Waals surface area contributed by atoms with Gasteiger partial charge >= 0.3 is 0 Å². The molecule has 1 amide bonds. The number of carbonyl (C=O) groups is 1. The van der Waals surface area contributed by atoms with Crippen molar-refractivity contribution in [3.63, 3.8) is 0 Å². The number of unbranched alkanes of at least 4 members (excludes halogenated alkanes) is 2. The first kappa shape index (κ1) is 34.6. The zero-order valence-electron chi connectivity index (χ0n) is 28.2. The quantitative estimate of drug-likeness (QED) is 0.199. The van der Waals surface area contributed by atoms with Gasteiger partial charge in [-0.25, -0.2) is 8.78 Å². The lowest BCUT2D eigenvalue weighted by Crippen LogP contribution is -2.41. The summed E-state index contributed by atoms with van der Waals surface area (Å²) in [7, 11) is 1.71. The predicted molar refractivity (Wildman–Crippen MR) is 180 cm³/mol. The Kier molecular flexibility index (Phi) is 11.5. The van der Waals surface area contributed by atoms with Crippen molar-refractivity contribution in [2.24, 2.45) is 5.92 Å². The van der Waals surface area contributed by atoms with Gasteiger partial charge in [0.15, 0.2) is 0 Å². The summed E-state index contributed by atoms with van der Waals surface area (Å²) in [5, 5.41) is 6.92. The summed E-state index contributed by atoms with van der Waals surface area (Å²) in [6.07, 6.45) is 5.82. The fourth-order valence-electron chi connectivity index (χ4n) is 6.60. The number of hydrogen-bond acceptors (Lipinski definition) is 3. The maximum Gasteiger partial charge on any atom is 0.251 e. The normalized spacial score (nSPS) is 16.2. The van der Waals surface area contributed by atoms with Crippen molar-refractivity contribution in [1.82, 2.24) is 10.6 Å². The molecule has 1 saturated heterocycles. The Labute approximate surface area is 269 Å². The number of methoxy groups -OCH3 is 1. The third-order valence-corrected chi connectivity index (χ3v) is 9.21. The van der Waals surface area contributed by atoms with Crippen LogP contribution in [0.5, 0.6) is 5.75 Å². The van der Waals surface area contributed by atoms with E-state index in [-0.39, 0.29) is 40.3 Å². The molecule has 3 aromatic carbocycles. The number of hydrogen-bond donors (Lipinski definition) is 2. The first-order chi connectivity index (χ1) is 21.3. The Morgan fingerprint density at radius 1 is 0.844 bits per heavy atom. The van der Waals surface area contributed by atoms with E-state index < -0.39 is 0 Å². The van der Waals surface area contributed by atoms with Crippen LogP contribution >= 0.6 is 0 Å². The van der Waals surface area contributed by atoms with Crippen LogP contribution in [-0.4, -0.2) is 32.1 Å². The molecule has 0 aromatic heterocycles. The van der Waals surface area contributed by atoms with Crippen LogP contribution in [0.25, 0.3) is 0 Å². The lowest BCUT2D eigenvalue weighted by molar-refractivity contribution is 0.0920. The minimum absolute atomic E-state index is 0.0294. The van der Waals surface area contributed by atoms with Crippen LogP contribution in [0.15, 0.2) is 60.7 Å². The topological polar surface area (TPSA) is 50.4 Å². The van der Waals surface area contributed by atoms with Gasteiger partial charge in [-0.15, -0.1) is 0 Å². The summed E-state index contributed by atoms with van der Waals surface area (Å²) in [6, 6.07) is 17.4. The van der Waals surface area contributed by atoms with E-state index in [0.717, 1.165) is 79.6 Å². The van der Waals surface area contributed by atoms with Gasteiger partial charge in [0.25, 0.3) is 5.91 Å². The highest BCUT2D eigenvalue weighted by molar-refractivity contribution is 5.95. The number of halogens is 2. The molecule has 6 heteroatoms. The largest absolute Gasteiger partial charge is 0.496 e. The zero-order valence-corrected chi connectivity index (χ0v) is 28.2. The van der Waals surface area contributed by atoms with Crippen LogP contribution < -0.4 is 15.4 Å². The molecule has 2 atom stereocenters. The Balaban J connectivity index is 1.45. The highest BCUT2D eigenvalue weighted by Gasteiger charge is 2.31. The van der Waals surface area contributed by atoms with Crippen LogP contribution in [0.3, 0.4) is 0 Å². The summed E-state index contributed by atoms with van der Waals surface area (Å²) >= 11 is 0. The fourth-order valence-corrected chi connectivity index (χ4v) is 6.60. The van der Waals surface area contributed by atoms with Crippen molar-refractivity contribution in [3.8, 4) is 5.75 Å². The number of nitrogens with one attached hydrogen (secondary N) is 2. The van der Waals surface area contributed by atoms with Gasteiger partial charge in [0, 0.05) is 28.7 Å². The summed E-state index contributed by atoms with van der Waals surface area (Å²) in [4.78, 5) is 13.9. The predicted octanol–water partition coefficient (Wildman–Crippen LogP) is 9.06. The first-order valence-electron chi connectivity index (χ1n) is 16.5. The molecular formula is C39H52F2N2O2. The van der Waals surface area contributed by atoms with E-state index in [1.165, 1.54) is 24.3 Å². The maximum atomic E-state index is 13.9. The molecule has 4 nitrogen and oxygen atoms in total. The van der Waals surface area contributed by atoms with Gasteiger partial charge in [-0.2, -0.15) is 0 Å². The van der Waals surface area contributed by atoms with Crippen LogP contribution in [-0.2, 0) is 10.8 Å². The molecule has 4 rings (SSSR count). The number of rotatable bonds is 12. The molecule has 0 radical (unpaired) electrons. The van der Waals surface area contributed by atoms with E-state index in [2.05, 4.69) is 52.2 Å². The SMILES string of the molecule is COc1c(C(C)(C)C)cc(C(=O)NC(CCCCCC(c2ccc(F)cc2)c2ccc(F)cc2)C2CCNC2)cc1C(C)(C)C. The molecule has 2 unspecified atom stereocenters. The molecule has 0 spiro atoms. The van der Waals surface area contributed by atoms with Crippen molar-refractivity contribution in [2.75, 3.05) is 20.2 Å².